The molecule has 0 amide bonds. The van der Waals surface area contributed by atoms with Crippen LogP contribution < -0.4 is 0 Å². The Kier molecular flexibility index (Phi) is 32.4. The van der Waals surface area contributed by atoms with E-state index in [2.05, 4.69) is 6.42 Å². The van der Waals surface area contributed by atoms with Gasteiger partial charge in [0.25, 0.3) is 0 Å². The van der Waals surface area contributed by atoms with Crippen LogP contribution in [0.25, 0.3) is 0 Å². The Morgan fingerprint density at radius 1 is 0.324 bits per heavy atom. The van der Waals surface area contributed by atoms with E-state index in [0.717, 1.165) is 150 Å². The molecule has 0 unspecified atom stereocenters. The van der Waals surface area contributed by atoms with Crippen molar-refractivity contribution in [3.05, 3.63) is 6.42 Å². The molecule has 0 spiro atoms. The molecule has 0 bridgehead atoms. The molecule has 0 saturated carbocycles. The molecule has 0 aliphatic rings. The molecule has 34 heavy (non-hydrogen) atoms. The molecule has 8 heteroatoms. The van der Waals surface area contributed by atoms with Gasteiger partial charge in [0.05, 0.1) is 0 Å². The van der Waals surface area contributed by atoms with E-state index < -0.39 is 0 Å². The summed E-state index contributed by atoms with van der Waals surface area (Å²) in [5.74, 6) is 0. The highest BCUT2D eigenvalue weighted by Crippen LogP contribution is 2.00. The first-order valence-electron chi connectivity index (χ1n) is 13.2. The van der Waals surface area contributed by atoms with Gasteiger partial charge in [0.2, 0.25) is 0 Å². The maximum Gasteiger partial charge on any atom is 0.0488 e. The van der Waals surface area contributed by atoms with Crippen LogP contribution in [0.1, 0.15) is 57.8 Å². The van der Waals surface area contributed by atoms with Gasteiger partial charge in [-0.05, 0) is 64.2 Å². The quantitative estimate of drug-likeness (QED) is 0.134. The minimum absolute atomic E-state index is 0.749. The summed E-state index contributed by atoms with van der Waals surface area (Å²) in [5.41, 5.74) is 0. The molecule has 0 aromatic carbocycles. The molecule has 0 rings (SSSR count). The van der Waals surface area contributed by atoms with Gasteiger partial charge in [0.1, 0.15) is 0 Å². The van der Waals surface area contributed by atoms with E-state index in [1.54, 1.807) is 14.2 Å². The van der Waals surface area contributed by atoms with Gasteiger partial charge < -0.3 is 37.9 Å². The van der Waals surface area contributed by atoms with Crippen molar-refractivity contribution in [2.24, 2.45) is 0 Å². The maximum atomic E-state index is 5.65. The van der Waals surface area contributed by atoms with Crippen molar-refractivity contribution in [1.29, 1.82) is 0 Å². The third kappa shape index (κ3) is 31.7. The second kappa shape index (κ2) is 32.7. The van der Waals surface area contributed by atoms with Crippen LogP contribution in [0.15, 0.2) is 0 Å². The summed E-state index contributed by atoms with van der Waals surface area (Å²) in [6.07, 6.45) is 11.1. The molecule has 1 radical (unpaired) electrons. The Labute approximate surface area is 209 Å². The number of rotatable bonds is 31. The monoisotopic (exact) mass is 493 g/mol. The van der Waals surface area contributed by atoms with Crippen molar-refractivity contribution in [3.8, 4) is 0 Å². The summed E-state index contributed by atoms with van der Waals surface area (Å²) in [6.45, 7) is 10.7. The van der Waals surface area contributed by atoms with Crippen LogP contribution in [-0.4, -0.2) is 107 Å². The Balaban J connectivity index is 2.99. The average Bonchev–Trinajstić information content (AvgIpc) is 2.85. The van der Waals surface area contributed by atoms with Crippen LogP contribution in [0, 0.1) is 6.42 Å². The Morgan fingerprint density at radius 3 is 0.971 bits per heavy atom. The van der Waals surface area contributed by atoms with Crippen LogP contribution in [0.2, 0.25) is 0 Å². The average molecular weight is 494 g/mol. The number of ether oxygens (including phenoxy) is 8. The molecule has 0 N–H and O–H groups in total. The zero-order valence-corrected chi connectivity index (χ0v) is 22.1. The number of hydrogen-bond acceptors (Lipinski definition) is 8. The molecule has 0 saturated heterocycles. The smallest absolute Gasteiger partial charge is 0.0488 e. The second-order valence-electron chi connectivity index (χ2n) is 8.00. The molecule has 0 fully saturated rings. The summed E-state index contributed by atoms with van der Waals surface area (Å²) >= 11 is 0. The van der Waals surface area contributed by atoms with Gasteiger partial charge in [-0.25, -0.2) is 0 Å². The fraction of sp³-hybridized carbons (Fsp3) is 0.962. The summed E-state index contributed by atoms with van der Waals surface area (Å²) in [4.78, 5) is 0. The summed E-state index contributed by atoms with van der Waals surface area (Å²) in [5, 5.41) is 0. The van der Waals surface area contributed by atoms with Gasteiger partial charge in [0.15, 0.2) is 0 Å². The zero-order valence-electron chi connectivity index (χ0n) is 22.1. The third-order valence-electron chi connectivity index (χ3n) is 4.75. The standard InChI is InChI=1S/C26H53O8/c1-27-13-7-17-31-21-11-25-33-23-9-19-29-15-5-3-4-6-16-30-20-10-24-34-26-12-22-32-18-8-14-28-2/h3H,4-26H2,1-2H3. The molecule has 0 aliphatic heterocycles. The normalized spacial score (nSPS) is 11.5. The lowest BCUT2D eigenvalue weighted by Gasteiger charge is -2.07. The second-order valence-corrected chi connectivity index (χ2v) is 8.00. The van der Waals surface area contributed by atoms with Gasteiger partial charge >= 0.3 is 0 Å². The highest BCUT2D eigenvalue weighted by atomic mass is 16.5. The van der Waals surface area contributed by atoms with Crippen LogP contribution in [-0.2, 0) is 37.9 Å². The predicted octanol–water partition coefficient (Wildman–Crippen LogP) is 4.09. The first kappa shape index (κ1) is 33.7. The zero-order chi connectivity index (χ0) is 24.6. The summed E-state index contributed by atoms with van der Waals surface area (Å²) in [6, 6.07) is 0. The molecule has 0 heterocycles. The van der Waals surface area contributed by atoms with Crippen molar-refractivity contribution in [3.63, 3.8) is 0 Å². The first-order valence-corrected chi connectivity index (χ1v) is 13.2. The predicted molar refractivity (Wildman–Crippen MR) is 135 cm³/mol. The van der Waals surface area contributed by atoms with E-state index in [9.17, 15) is 0 Å². The highest BCUT2D eigenvalue weighted by Gasteiger charge is 1.96. The van der Waals surface area contributed by atoms with E-state index >= 15 is 0 Å². The molecular formula is C26H53O8. The minimum Gasteiger partial charge on any atom is -0.385 e. The number of methoxy groups -OCH3 is 2. The molecular weight excluding hydrogens is 440 g/mol. The van der Waals surface area contributed by atoms with Gasteiger partial charge in [-0.15, -0.1) is 0 Å². The molecule has 0 aromatic rings. The minimum atomic E-state index is 0.749. The van der Waals surface area contributed by atoms with Gasteiger partial charge in [0, 0.05) is 107 Å². The van der Waals surface area contributed by atoms with E-state index in [0.29, 0.717) is 0 Å². The molecule has 0 aromatic heterocycles. The topological polar surface area (TPSA) is 73.8 Å². The van der Waals surface area contributed by atoms with Crippen molar-refractivity contribution in [1.82, 2.24) is 0 Å². The van der Waals surface area contributed by atoms with Crippen molar-refractivity contribution >= 4 is 0 Å². The van der Waals surface area contributed by atoms with Crippen molar-refractivity contribution < 1.29 is 37.9 Å². The first-order chi connectivity index (χ1) is 16.9. The largest absolute Gasteiger partial charge is 0.385 e. The lowest BCUT2D eigenvalue weighted by atomic mass is 10.2. The van der Waals surface area contributed by atoms with Crippen LogP contribution in [0.3, 0.4) is 0 Å². The fourth-order valence-electron chi connectivity index (χ4n) is 2.92. The Bertz CT molecular complexity index is 315. The molecule has 8 nitrogen and oxygen atoms in total. The van der Waals surface area contributed by atoms with Gasteiger partial charge in [-0.1, -0.05) is 0 Å². The van der Waals surface area contributed by atoms with Gasteiger partial charge in [-0.2, -0.15) is 0 Å². The van der Waals surface area contributed by atoms with E-state index in [-0.39, 0.29) is 0 Å². The summed E-state index contributed by atoms with van der Waals surface area (Å²) in [7, 11) is 3.42. The Hall–Kier alpha value is -0.320. The van der Waals surface area contributed by atoms with Crippen LogP contribution in [0.5, 0.6) is 0 Å². The molecule has 0 atom stereocenters. The lowest BCUT2D eigenvalue weighted by molar-refractivity contribution is 0.0571. The van der Waals surface area contributed by atoms with E-state index in [4.69, 9.17) is 37.9 Å². The molecule has 205 valence electrons. The van der Waals surface area contributed by atoms with Crippen LogP contribution in [0.4, 0.5) is 0 Å². The molecule has 0 aliphatic carbocycles. The van der Waals surface area contributed by atoms with Crippen molar-refractivity contribution in [2.45, 2.75) is 57.8 Å². The van der Waals surface area contributed by atoms with Crippen molar-refractivity contribution in [2.75, 3.05) is 107 Å². The van der Waals surface area contributed by atoms with E-state index in [1.807, 2.05) is 0 Å². The Morgan fingerprint density at radius 2 is 0.618 bits per heavy atom. The third-order valence-corrected chi connectivity index (χ3v) is 4.75. The fourth-order valence-corrected chi connectivity index (χ4v) is 2.92. The van der Waals surface area contributed by atoms with E-state index in [1.165, 1.54) is 0 Å². The SMILES string of the molecule is COCCCOCCCOCCCOCC[CH]CCCOCCCOCCCOCCCOC. The van der Waals surface area contributed by atoms with Gasteiger partial charge in [-0.3, -0.25) is 0 Å². The number of hydrogen-bond donors (Lipinski definition) is 0. The number of unbranched alkanes of at least 4 members (excludes halogenated alkanes) is 3. The lowest BCUT2D eigenvalue weighted by Crippen LogP contribution is -2.06. The van der Waals surface area contributed by atoms with Crippen LogP contribution >= 0.6 is 0 Å². The highest BCUT2D eigenvalue weighted by molar-refractivity contribution is 4.63. The maximum absolute atomic E-state index is 5.65. The summed E-state index contributed by atoms with van der Waals surface area (Å²) < 4.78 is 43.4.